The van der Waals surface area contributed by atoms with Gasteiger partial charge < -0.3 is 5.73 Å². The van der Waals surface area contributed by atoms with Gasteiger partial charge in [-0.05, 0) is 46.8 Å². The van der Waals surface area contributed by atoms with E-state index >= 15 is 0 Å². The first-order valence-electron chi connectivity index (χ1n) is 5.64. The van der Waals surface area contributed by atoms with Crippen LogP contribution in [0, 0.1) is 5.92 Å². The molecule has 1 saturated carbocycles. The molecule has 100 valence electrons. The molecule has 0 unspecified atom stereocenters. The van der Waals surface area contributed by atoms with Gasteiger partial charge in [-0.2, -0.15) is 0 Å². The largest absolute Gasteiger partial charge is 0.399 e. The molecule has 0 radical (unpaired) electrons. The highest BCUT2D eigenvalue weighted by molar-refractivity contribution is 9.10. The summed E-state index contributed by atoms with van der Waals surface area (Å²) in [6.07, 6.45) is 3.34. The van der Waals surface area contributed by atoms with E-state index in [9.17, 15) is 8.42 Å². The highest BCUT2D eigenvalue weighted by Gasteiger charge is 2.24. The third-order valence-corrected chi connectivity index (χ3v) is 5.91. The summed E-state index contributed by atoms with van der Waals surface area (Å²) in [5.74, 6) is 0.447. The fraction of sp³-hybridized carbons (Fsp3) is 0.455. The number of rotatable bonds is 4. The van der Waals surface area contributed by atoms with E-state index in [-0.39, 0.29) is 9.92 Å². The molecule has 0 saturated heterocycles. The number of sulfonamides is 1. The molecule has 0 atom stereocenters. The van der Waals surface area contributed by atoms with Gasteiger partial charge >= 0.3 is 0 Å². The molecule has 0 heterocycles. The fourth-order valence-corrected chi connectivity index (χ4v) is 4.05. The van der Waals surface area contributed by atoms with E-state index in [1.165, 1.54) is 12.5 Å². The Hall–Kier alpha value is -0.300. The smallest absolute Gasteiger partial charge is 0.242 e. The summed E-state index contributed by atoms with van der Waals surface area (Å²) in [6.45, 7) is 0.463. The number of nitrogen functional groups attached to an aromatic ring is 1. The van der Waals surface area contributed by atoms with Crippen molar-refractivity contribution in [2.45, 2.75) is 24.2 Å². The third-order valence-electron chi connectivity index (χ3n) is 3.09. The van der Waals surface area contributed by atoms with E-state index in [0.717, 1.165) is 12.8 Å². The minimum atomic E-state index is -3.60. The number of hydrogen-bond donors (Lipinski definition) is 2. The number of nitrogens with one attached hydrogen (secondary N) is 1. The molecule has 18 heavy (non-hydrogen) atoms. The normalized spacial score (nSPS) is 16.6. The Morgan fingerprint density at radius 1 is 1.44 bits per heavy atom. The van der Waals surface area contributed by atoms with Crippen LogP contribution in [0.5, 0.6) is 0 Å². The Morgan fingerprint density at radius 3 is 2.67 bits per heavy atom. The van der Waals surface area contributed by atoms with Crippen LogP contribution in [0.1, 0.15) is 19.3 Å². The van der Waals surface area contributed by atoms with Crippen molar-refractivity contribution in [3.8, 4) is 0 Å². The van der Waals surface area contributed by atoms with E-state index in [0.29, 0.717) is 22.6 Å². The topological polar surface area (TPSA) is 72.2 Å². The van der Waals surface area contributed by atoms with Gasteiger partial charge in [0.15, 0.2) is 0 Å². The van der Waals surface area contributed by atoms with Crippen molar-refractivity contribution in [2.75, 3.05) is 12.3 Å². The second-order valence-corrected chi connectivity index (χ2v) is 7.43. The average Bonchev–Trinajstić information content (AvgIpc) is 2.20. The van der Waals surface area contributed by atoms with Gasteiger partial charge in [-0.3, -0.25) is 0 Å². The van der Waals surface area contributed by atoms with Gasteiger partial charge in [0.1, 0.15) is 4.90 Å². The van der Waals surface area contributed by atoms with E-state index in [2.05, 4.69) is 20.7 Å². The lowest BCUT2D eigenvalue weighted by Crippen LogP contribution is -2.32. The third kappa shape index (κ3) is 2.99. The molecule has 0 amide bonds. The minimum absolute atomic E-state index is 0.0235. The summed E-state index contributed by atoms with van der Waals surface area (Å²) in [5.41, 5.74) is 5.99. The van der Waals surface area contributed by atoms with Crippen LogP contribution in [-0.4, -0.2) is 15.0 Å². The molecule has 4 nitrogen and oxygen atoms in total. The molecule has 0 bridgehead atoms. The molecular formula is C11H14BrClN2O2S. The molecule has 1 aliphatic rings. The molecule has 1 aromatic rings. The maximum absolute atomic E-state index is 12.1. The predicted octanol–water partition coefficient (Wildman–Crippen LogP) is 2.76. The first-order valence-corrected chi connectivity index (χ1v) is 8.30. The zero-order valence-corrected chi connectivity index (χ0v) is 12.8. The fourth-order valence-electron chi connectivity index (χ4n) is 1.78. The SMILES string of the molecule is Nc1cc(Br)c(Cl)c(S(=O)(=O)NCC2CCC2)c1. The van der Waals surface area contributed by atoms with Crippen LogP contribution in [0.3, 0.4) is 0 Å². The quantitative estimate of drug-likeness (QED) is 0.818. The summed E-state index contributed by atoms with van der Waals surface area (Å²) in [4.78, 5) is 0.0235. The lowest BCUT2D eigenvalue weighted by atomic mass is 9.86. The van der Waals surface area contributed by atoms with Gasteiger partial charge in [0.25, 0.3) is 0 Å². The van der Waals surface area contributed by atoms with Crippen LogP contribution >= 0.6 is 27.5 Å². The number of hydrogen-bond acceptors (Lipinski definition) is 3. The Kier molecular flexibility index (Phi) is 4.21. The summed E-state index contributed by atoms with van der Waals surface area (Å²) in [7, 11) is -3.60. The average molecular weight is 354 g/mol. The first-order chi connectivity index (χ1) is 8.40. The zero-order chi connectivity index (χ0) is 13.3. The Labute approximate surface area is 120 Å². The van der Waals surface area contributed by atoms with Gasteiger partial charge in [0.05, 0.1) is 5.02 Å². The molecule has 3 N–H and O–H groups in total. The first kappa shape index (κ1) is 14.1. The van der Waals surface area contributed by atoms with Crippen molar-refractivity contribution in [3.63, 3.8) is 0 Å². The van der Waals surface area contributed by atoms with Gasteiger partial charge in [-0.25, -0.2) is 13.1 Å². The van der Waals surface area contributed by atoms with Crippen LogP contribution in [0.2, 0.25) is 5.02 Å². The molecule has 7 heteroatoms. The number of halogens is 2. The Morgan fingerprint density at radius 2 is 2.11 bits per heavy atom. The summed E-state index contributed by atoms with van der Waals surface area (Å²) < 4.78 is 27.3. The van der Waals surface area contributed by atoms with E-state index in [1.54, 1.807) is 6.07 Å². The zero-order valence-electron chi connectivity index (χ0n) is 9.62. The van der Waals surface area contributed by atoms with E-state index in [1.807, 2.05) is 0 Å². The van der Waals surface area contributed by atoms with Gasteiger partial charge in [0, 0.05) is 16.7 Å². The molecule has 1 fully saturated rings. The summed E-state index contributed by atoms with van der Waals surface area (Å²) in [6, 6.07) is 2.95. The van der Waals surface area contributed by atoms with Crippen molar-refractivity contribution in [1.82, 2.24) is 4.72 Å². The lowest BCUT2D eigenvalue weighted by molar-refractivity contribution is 0.316. The standard InChI is InChI=1S/C11H14BrClN2O2S/c12-9-4-8(14)5-10(11(9)13)18(16,17)15-6-7-2-1-3-7/h4-5,7,15H,1-3,6,14H2. The predicted molar refractivity (Wildman–Crippen MR) is 76.1 cm³/mol. The molecule has 0 aromatic heterocycles. The maximum atomic E-state index is 12.1. The van der Waals surface area contributed by atoms with Gasteiger partial charge in [0.2, 0.25) is 10.0 Å². The van der Waals surface area contributed by atoms with Gasteiger partial charge in [-0.15, -0.1) is 0 Å². The second-order valence-electron chi connectivity index (χ2n) is 4.46. The monoisotopic (exact) mass is 352 g/mol. The second kappa shape index (κ2) is 5.36. The molecule has 1 aromatic carbocycles. The molecule has 1 aliphatic carbocycles. The highest BCUT2D eigenvalue weighted by Crippen LogP contribution is 2.32. The van der Waals surface area contributed by atoms with Crippen LogP contribution in [0.25, 0.3) is 0 Å². The molecule has 2 rings (SSSR count). The van der Waals surface area contributed by atoms with Crippen LogP contribution in [-0.2, 0) is 10.0 Å². The minimum Gasteiger partial charge on any atom is -0.399 e. The summed E-state index contributed by atoms with van der Waals surface area (Å²) >= 11 is 9.18. The molecular weight excluding hydrogens is 340 g/mol. The van der Waals surface area contributed by atoms with Crippen molar-refractivity contribution in [3.05, 3.63) is 21.6 Å². The van der Waals surface area contributed by atoms with Crippen LogP contribution in [0.4, 0.5) is 5.69 Å². The number of benzene rings is 1. The lowest BCUT2D eigenvalue weighted by Gasteiger charge is -2.25. The van der Waals surface area contributed by atoms with Crippen molar-refractivity contribution in [2.24, 2.45) is 5.92 Å². The number of nitrogens with two attached hydrogens (primary N) is 1. The van der Waals surface area contributed by atoms with Crippen molar-refractivity contribution in [1.29, 1.82) is 0 Å². The van der Waals surface area contributed by atoms with E-state index in [4.69, 9.17) is 17.3 Å². The van der Waals surface area contributed by atoms with Crippen molar-refractivity contribution < 1.29 is 8.42 Å². The van der Waals surface area contributed by atoms with Crippen molar-refractivity contribution >= 4 is 43.2 Å². The van der Waals surface area contributed by atoms with E-state index < -0.39 is 10.0 Å². The maximum Gasteiger partial charge on any atom is 0.242 e. The number of anilines is 1. The van der Waals surface area contributed by atoms with Crippen LogP contribution in [0.15, 0.2) is 21.5 Å². The molecule has 0 spiro atoms. The Balaban J connectivity index is 2.22. The Bertz CT molecular complexity index is 558. The van der Waals surface area contributed by atoms with Crippen LogP contribution < -0.4 is 10.5 Å². The summed E-state index contributed by atoms with van der Waals surface area (Å²) in [5, 5.41) is 0.158. The van der Waals surface area contributed by atoms with Gasteiger partial charge in [-0.1, -0.05) is 18.0 Å². The highest BCUT2D eigenvalue weighted by atomic mass is 79.9. The molecule has 0 aliphatic heterocycles.